The Morgan fingerprint density at radius 3 is 2.46 bits per heavy atom. The van der Waals surface area contributed by atoms with Gasteiger partial charge in [-0.05, 0) is 30.2 Å². The summed E-state index contributed by atoms with van der Waals surface area (Å²) in [6.45, 7) is 1.52. The van der Waals surface area contributed by atoms with Crippen LogP contribution in [0.2, 0.25) is 5.02 Å². The van der Waals surface area contributed by atoms with Crippen LogP contribution in [0.25, 0.3) is 0 Å². The minimum Gasteiger partial charge on any atom is -0.333 e. The van der Waals surface area contributed by atoms with Crippen LogP contribution in [0.3, 0.4) is 0 Å². The molecule has 0 unspecified atom stereocenters. The van der Waals surface area contributed by atoms with Gasteiger partial charge in [-0.1, -0.05) is 41.9 Å². The summed E-state index contributed by atoms with van der Waals surface area (Å²) in [4.78, 5) is 25.2. The first-order chi connectivity index (χ1) is 11.5. The van der Waals surface area contributed by atoms with E-state index in [0.29, 0.717) is 22.7 Å². The van der Waals surface area contributed by atoms with Crippen molar-refractivity contribution in [2.24, 2.45) is 0 Å². The number of halogens is 2. The zero-order chi connectivity index (χ0) is 17.5. The first-order valence-electron chi connectivity index (χ1n) is 7.50. The maximum Gasteiger partial charge on any atom is 0.244 e. The van der Waals surface area contributed by atoms with E-state index in [1.54, 1.807) is 42.5 Å². The average molecular weight is 349 g/mol. The van der Waals surface area contributed by atoms with Crippen molar-refractivity contribution >= 4 is 29.1 Å². The van der Waals surface area contributed by atoms with E-state index >= 15 is 0 Å². The van der Waals surface area contributed by atoms with Gasteiger partial charge in [-0.2, -0.15) is 0 Å². The zero-order valence-corrected chi connectivity index (χ0v) is 14.0. The summed E-state index contributed by atoms with van der Waals surface area (Å²) in [6, 6.07) is 13.2. The smallest absolute Gasteiger partial charge is 0.244 e. The molecule has 0 spiro atoms. The van der Waals surface area contributed by atoms with E-state index in [9.17, 15) is 14.0 Å². The maximum atomic E-state index is 13.6. The van der Waals surface area contributed by atoms with Crippen molar-refractivity contribution in [2.75, 3.05) is 18.4 Å². The van der Waals surface area contributed by atoms with Crippen LogP contribution in [0.15, 0.2) is 48.5 Å². The molecule has 0 saturated heterocycles. The highest BCUT2D eigenvalue weighted by molar-refractivity contribution is 6.33. The van der Waals surface area contributed by atoms with E-state index < -0.39 is 0 Å². The predicted molar refractivity (Wildman–Crippen MR) is 92.4 cm³/mol. The van der Waals surface area contributed by atoms with Gasteiger partial charge in [0.25, 0.3) is 0 Å². The van der Waals surface area contributed by atoms with Crippen molar-refractivity contribution in [2.45, 2.75) is 13.3 Å². The fourth-order valence-corrected chi connectivity index (χ4v) is 2.41. The Balaban J connectivity index is 1.96. The summed E-state index contributed by atoms with van der Waals surface area (Å²) in [5, 5.41) is 3.09. The van der Waals surface area contributed by atoms with Crippen molar-refractivity contribution in [1.29, 1.82) is 0 Å². The van der Waals surface area contributed by atoms with Crippen LogP contribution in [-0.4, -0.2) is 29.8 Å². The maximum absolute atomic E-state index is 13.6. The van der Waals surface area contributed by atoms with Gasteiger partial charge in [0.1, 0.15) is 5.82 Å². The van der Waals surface area contributed by atoms with Crippen LogP contribution in [0, 0.1) is 5.82 Å². The molecule has 0 atom stereocenters. The molecule has 0 aliphatic rings. The number of amides is 2. The summed E-state index contributed by atoms with van der Waals surface area (Å²) < 4.78 is 13.6. The van der Waals surface area contributed by atoms with Crippen LogP contribution in [0.4, 0.5) is 10.1 Å². The molecule has 126 valence electrons. The number of hydrogen-bond acceptors (Lipinski definition) is 2. The van der Waals surface area contributed by atoms with E-state index in [0.717, 1.165) is 0 Å². The van der Waals surface area contributed by atoms with Crippen LogP contribution in [0.1, 0.15) is 12.5 Å². The lowest BCUT2D eigenvalue weighted by atomic mass is 10.1. The second kappa shape index (κ2) is 8.45. The Morgan fingerprint density at radius 1 is 1.12 bits per heavy atom. The molecule has 0 heterocycles. The zero-order valence-electron chi connectivity index (χ0n) is 13.3. The fourth-order valence-electron chi connectivity index (χ4n) is 2.23. The Morgan fingerprint density at radius 2 is 1.79 bits per heavy atom. The highest BCUT2D eigenvalue weighted by atomic mass is 35.5. The van der Waals surface area contributed by atoms with Gasteiger partial charge in [0, 0.05) is 13.5 Å². The first kappa shape index (κ1) is 17.9. The summed E-state index contributed by atoms with van der Waals surface area (Å²) in [5.41, 5.74) is 0.997. The van der Waals surface area contributed by atoms with Crippen molar-refractivity contribution in [3.8, 4) is 0 Å². The molecular formula is C18H18ClFN2O2. The number of hydrogen-bond donors (Lipinski definition) is 1. The molecule has 2 aromatic rings. The third-order valence-corrected chi connectivity index (χ3v) is 3.87. The van der Waals surface area contributed by atoms with Crippen LogP contribution in [-0.2, 0) is 16.0 Å². The van der Waals surface area contributed by atoms with Crippen molar-refractivity contribution in [1.82, 2.24) is 4.90 Å². The van der Waals surface area contributed by atoms with E-state index in [1.165, 1.54) is 17.9 Å². The predicted octanol–water partition coefficient (Wildman–Crippen LogP) is 3.51. The normalized spacial score (nSPS) is 10.3. The van der Waals surface area contributed by atoms with Gasteiger partial charge < -0.3 is 10.2 Å². The fraction of sp³-hybridized carbons (Fsp3) is 0.222. The first-order valence-corrected chi connectivity index (χ1v) is 7.88. The highest BCUT2D eigenvalue weighted by Crippen LogP contribution is 2.20. The number of nitrogens with one attached hydrogen (secondary N) is 1. The molecule has 6 heteroatoms. The number of anilines is 1. The molecule has 0 fully saturated rings. The standard InChI is InChI=1S/C18H18ClFN2O2/c1-13(23)22(11-10-14-6-2-4-8-16(14)20)12-18(24)21-17-9-5-3-7-15(17)19/h2-9H,10-12H2,1H3,(H,21,24). The second-order valence-corrected chi connectivity index (χ2v) is 5.72. The quantitative estimate of drug-likeness (QED) is 0.868. The van der Waals surface area contributed by atoms with Crippen LogP contribution in [0.5, 0.6) is 0 Å². The number of rotatable bonds is 6. The average Bonchev–Trinajstić information content (AvgIpc) is 2.54. The van der Waals surface area contributed by atoms with E-state index in [1.807, 2.05) is 0 Å². The largest absolute Gasteiger partial charge is 0.333 e. The Kier molecular flexibility index (Phi) is 6.32. The molecule has 2 amide bonds. The molecule has 0 aromatic heterocycles. The molecule has 0 bridgehead atoms. The Hall–Kier alpha value is -2.40. The van der Waals surface area contributed by atoms with E-state index in [2.05, 4.69) is 5.32 Å². The van der Waals surface area contributed by atoms with Gasteiger partial charge in [0.15, 0.2) is 0 Å². The Bertz CT molecular complexity index is 736. The second-order valence-electron chi connectivity index (χ2n) is 5.31. The summed E-state index contributed by atoms with van der Waals surface area (Å²) in [6.07, 6.45) is 0.339. The Labute approximate surface area is 145 Å². The topological polar surface area (TPSA) is 49.4 Å². The third-order valence-electron chi connectivity index (χ3n) is 3.54. The monoisotopic (exact) mass is 348 g/mol. The molecule has 4 nitrogen and oxygen atoms in total. The van der Waals surface area contributed by atoms with E-state index in [-0.39, 0.29) is 30.7 Å². The number of benzene rings is 2. The summed E-state index contributed by atoms with van der Waals surface area (Å²) in [5.74, 6) is -0.922. The lowest BCUT2D eigenvalue weighted by molar-refractivity contribution is -0.132. The summed E-state index contributed by atoms with van der Waals surface area (Å²) in [7, 11) is 0. The summed E-state index contributed by atoms with van der Waals surface area (Å²) >= 11 is 5.99. The van der Waals surface area contributed by atoms with Crippen molar-refractivity contribution in [3.05, 3.63) is 64.9 Å². The molecule has 2 aromatic carbocycles. The molecule has 0 aliphatic carbocycles. The number of nitrogens with zero attached hydrogens (tertiary/aromatic N) is 1. The molecule has 2 rings (SSSR count). The number of carbonyl (C=O) groups excluding carboxylic acids is 2. The van der Waals surface area contributed by atoms with Gasteiger partial charge in [-0.3, -0.25) is 9.59 Å². The molecule has 0 radical (unpaired) electrons. The van der Waals surface area contributed by atoms with Gasteiger partial charge in [-0.25, -0.2) is 4.39 Å². The molecule has 0 aliphatic heterocycles. The van der Waals surface area contributed by atoms with Crippen LogP contribution >= 0.6 is 11.6 Å². The van der Waals surface area contributed by atoms with Gasteiger partial charge in [-0.15, -0.1) is 0 Å². The van der Waals surface area contributed by atoms with Gasteiger partial charge >= 0.3 is 0 Å². The van der Waals surface area contributed by atoms with Crippen LogP contribution < -0.4 is 5.32 Å². The highest BCUT2D eigenvalue weighted by Gasteiger charge is 2.15. The molecule has 0 saturated carbocycles. The van der Waals surface area contributed by atoms with E-state index in [4.69, 9.17) is 11.6 Å². The third kappa shape index (κ3) is 5.06. The van der Waals surface area contributed by atoms with Crippen molar-refractivity contribution < 1.29 is 14.0 Å². The van der Waals surface area contributed by atoms with Crippen molar-refractivity contribution in [3.63, 3.8) is 0 Å². The minimum absolute atomic E-state index is 0.116. The lowest BCUT2D eigenvalue weighted by Gasteiger charge is -2.21. The minimum atomic E-state index is -0.355. The van der Waals surface area contributed by atoms with Gasteiger partial charge in [0.05, 0.1) is 17.3 Å². The lowest BCUT2D eigenvalue weighted by Crippen LogP contribution is -2.38. The van der Waals surface area contributed by atoms with Gasteiger partial charge in [0.2, 0.25) is 11.8 Å². The molecule has 1 N–H and O–H groups in total. The molecular weight excluding hydrogens is 331 g/mol. The SMILES string of the molecule is CC(=O)N(CCc1ccccc1F)CC(=O)Nc1ccccc1Cl. The number of carbonyl (C=O) groups is 2. The number of para-hydroxylation sites is 1. The molecule has 24 heavy (non-hydrogen) atoms.